The summed E-state index contributed by atoms with van der Waals surface area (Å²) < 4.78 is 5.42. The number of fused-ring (bicyclic) bond motifs is 1. The fraction of sp³-hybridized carbons (Fsp3) is 0.391. The average molecular weight is 404 g/mol. The van der Waals surface area contributed by atoms with Crippen molar-refractivity contribution in [2.45, 2.75) is 45.3 Å². The van der Waals surface area contributed by atoms with E-state index in [0.717, 1.165) is 48.1 Å². The number of amides is 1. The van der Waals surface area contributed by atoms with E-state index in [0.29, 0.717) is 5.82 Å². The van der Waals surface area contributed by atoms with Gasteiger partial charge >= 0.3 is 6.09 Å². The van der Waals surface area contributed by atoms with Crippen LogP contribution in [-0.2, 0) is 4.74 Å². The molecule has 0 saturated carbocycles. The number of nitrogens with zero attached hydrogens (tertiary/aromatic N) is 4. The molecule has 1 aliphatic heterocycles. The zero-order valence-electron chi connectivity index (χ0n) is 17.6. The Bertz CT molecular complexity index is 1030. The molecule has 4 rings (SSSR count). The van der Waals surface area contributed by atoms with Crippen LogP contribution in [0.25, 0.3) is 22.3 Å². The number of hydrogen-bond acceptors (Lipinski definition) is 6. The molecule has 1 radical (unpaired) electrons. The molecule has 0 bridgehead atoms. The molecule has 1 aromatic carbocycles. The number of benzene rings is 1. The highest BCUT2D eigenvalue weighted by Gasteiger charge is 2.25. The van der Waals surface area contributed by atoms with Gasteiger partial charge in [0.1, 0.15) is 5.60 Å². The first kappa shape index (κ1) is 20.1. The van der Waals surface area contributed by atoms with Gasteiger partial charge in [0, 0.05) is 48.2 Å². The highest BCUT2D eigenvalue weighted by atomic mass is 16.6. The summed E-state index contributed by atoms with van der Waals surface area (Å²) in [4.78, 5) is 27.6. The van der Waals surface area contributed by atoms with Crippen LogP contribution in [0.5, 0.6) is 0 Å². The van der Waals surface area contributed by atoms with Crippen molar-refractivity contribution in [3.05, 3.63) is 48.9 Å². The summed E-state index contributed by atoms with van der Waals surface area (Å²) in [6.07, 6.45) is 7.90. The van der Waals surface area contributed by atoms with Gasteiger partial charge in [-0.2, -0.15) is 0 Å². The maximum Gasteiger partial charge on any atom is 0.407 e. The molecule has 1 unspecified atom stereocenters. The lowest BCUT2D eigenvalue weighted by atomic mass is 10.0. The first-order valence-electron chi connectivity index (χ1n) is 10.2. The van der Waals surface area contributed by atoms with Crippen molar-refractivity contribution in [2.75, 3.05) is 18.0 Å². The molecule has 0 aliphatic carbocycles. The van der Waals surface area contributed by atoms with E-state index in [9.17, 15) is 4.79 Å². The van der Waals surface area contributed by atoms with Gasteiger partial charge < -0.3 is 15.0 Å². The van der Waals surface area contributed by atoms with Crippen molar-refractivity contribution >= 4 is 22.7 Å². The molecule has 155 valence electrons. The summed E-state index contributed by atoms with van der Waals surface area (Å²) >= 11 is 0. The summed E-state index contributed by atoms with van der Waals surface area (Å²) in [5.74, 6) is 0.636. The van der Waals surface area contributed by atoms with Crippen LogP contribution >= 0.6 is 0 Å². The molecular weight excluding hydrogens is 378 g/mol. The van der Waals surface area contributed by atoms with Crippen LogP contribution in [0.3, 0.4) is 0 Å². The molecule has 1 atom stereocenters. The Hall–Kier alpha value is -3.22. The van der Waals surface area contributed by atoms with Crippen LogP contribution < -0.4 is 10.2 Å². The number of rotatable bonds is 3. The second-order valence-electron chi connectivity index (χ2n) is 8.50. The Morgan fingerprint density at radius 2 is 2.10 bits per heavy atom. The molecule has 3 aromatic rings. The third-order valence-corrected chi connectivity index (χ3v) is 4.98. The van der Waals surface area contributed by atoms with Gasteiger partial charge in [-0.25, -0.2) is 14.8 Å². The minimum Gasteiger partial charge on any atom is -0.444 e. The molecule has 1 saturated heterocycles. The quantitative estimate of drug-likeness (QED) is 0.711. The maximum absolute atomic E-state index is 12.2. The van der Waals surface area contributed by atoms with E-state index in [1.165, 1.54) is 0 Å². The minimum atomic E-state index is -0.507. The standard InChI is InChI=1S/C23H26N5O2/c1-23(2,3)30-22(29)27-17-6-4-13-28(15-17)20-9-12-24-19-8-7-16(14-18(19)20)21-25-10-5-11-26-21/h5,7-10,12,14,17H,4,6,13,15H2,1-3H3,(H,27,29). The van der Waals surface area contributed by atoms with Crippen LogP contribution in [0.2, 0.25) is 0 Å². The smallest absolute Gasteiger partial charge is 0.407 e. The number of aromatic nitrogens is 3. The number of anilines is 1. The second kappa shape index (κ2) is 8.26. The van der Waals surface area contributed by atoms with Gasteiger partial charge in [0.25, 0.3) is 0 Å². The number of ether oxygens (including phenoxy) is 1. The van der Waals surface area contributed by atoms with E-state index in [1.54, 1.807) is 12.3 Å². The van der Waals surface area contributed by atoms with Crippen LogP contribution in [-0.4, -0.2) is 45.8 Å². The SMILES string of the molecule is CC(C)(C)OC(=O)NC1CCCN(c2ccnc3ccc(-c4n[c]ccn4)cc23)C1. The normalized spacial score (nSPS) is 17.0. The topological polar surface area (TPSA) is 80.2 Å². The van der Waals surface area contributed by atoms with Crippen molar-refractivity contribution < 1.29 is 9.53 Å². The summed E-state index contributed by atoms with van der Waals surface area (Å²) in [7, 11) is 0. The predicted octanol–water partition coefficient (Wildman–Crippen LogP) is 3.99. The van der Waals surface area contributed by atoms with E-state index in [-0.39, 0.29) is 12.1 Å². The summed E-state index contributed by atoms with van der Waals surface area (Å²) in [6.45, 7) is 7.25. The third kappa shape index (κ3) is 4.67. The lowest BCUT2D eigenvalue weighted by Gasteiger charge is -2.35. The van der Waals surface area contributed by atoms with E-state index in [4.69, 9.17) is 4.74 Å². The van der Waals surface area contributed by atoms with Crippen molar-refractivity contribution in [3.63, 3.8) is 0 Å². The molecule has 1 amide bonds. The van der Waals surface area contributed by atoms with Gasteiger partial charge in [0.15, 0.2) is 5.82 Å². The Labute approximate surface area is 176 Å². The predicted molar refractivity (Wildman–Crippen MR) is 116 cm³/mol. The monoisotopic (exact) mass is 404 g/mol. The molecule has 7 nitrogen and oxygen atoms in total. The molecule has 0 spiro atoms. The first-order chi connectivity index (χ1) is 14.4. The summed E-state index contributed by atoms with van der Waals surface area (Å²) in [6, 6.07) is 9.79. The molecule has 1 aliphatic rings. The van der Waals surface area contributed by atoms with Gasteiger partial charge in [-0.05, 0) is 63.9 Å². The van der Waals surface area contributed by atoms with E-state index < -0.39 is 5.60 Å². The fourth-order valence-electron chi connectivity index (χ4n) is 3.74. The van der Waals surface area contributed by atoms with Crippen LogP contribution in [0.15, 0.2) is 42.7 Å². The van der Waals surface area contributed by atoms with Crippen molar-refractivity contribution in [1.82, 2.24) is 20.3 Å². The summed E-state index contributed by atoms with van der Waals surface area (Å²) in [5, 5.41) is 4.06. The van der Waals surface area contributed by atoms with Gasteiger partial charge in [-0.3, -0.25) is 4.98 Å². The minimum absolute atomic E-state index is 0.0343. The van der Waals surface area contributed by atoms with Crippen molar-refractivity contribution in [1.29, 1.82) is 0 Å². The van der Waals surface area contributed by atoms with Crippen molar-refractivity contribution in [2.24, 2.45) is 0 Å². The second-order valence-corrected chi connectivity index (χ2v) is 8.50. The largest absolute Gasteiger partial charge is 0.444 e. The molecular formula is C23H26N5O2. The number of carbonyl (C=O) groups excluding carboxylic acids is 1. The molecule has 30 heavy (non-hydrogen) atoms. The zero-order chi connectivity index (χ0) is 21.1. The van der Waals surface area contributed by atoms with Crippen LogP contribution in [0, 0.1) is 6.20 Å². The fourth-order valence-corrected chi connectivity index (χ4v) is 3.74. The number of alkyl carbamates (subject to hydrolysis) is 1. The number of pyridine rings is 1. The highest BCUT2D eigenvalue weighted by molar-refractivity contribution is 5.94. The molecule has 7 heteroatoms. The number of hydrogen-bond donors (Lipinski definition) is 1. The van der Waals surface area contributed by atoms with Crippen LogP contribution in [0.4, 0.5) is 10.5 Å². The third-order valence-electron chi connectivity index (χ3n) is 4.98. The van der Waals surface area contributed by atoms with E-state index in [2.05, 4.69) is 37.4 Å². The molecule has 1 N–H and O–H groups in total. The number of piperidine rings is 1. The van der Waals surface area contributed by atoms with Crippen LogP contribution in [0.1, 0.15) is 33.6 Å². The molecule has 3 heterocycles. The van der Waals surface area contributed by atoms with Gasteiger partial charge in [-0.15, -0.1) is 0 Å². The van der Waals surface area contributed by atoms with Gasteiger partial charge in [0.2, 0.25) is 0 Å². The number of carbonyl (C=O) groups is 1. The Morgan fingerprint density at radius 3 is 2.87 bits per heavy atom. The Balaban J connectivity index is 1.58. The zero-order valence-corrected chi connectivity index (χ0v) is 17.6. The van der Waals surface area contributed by atoms with Crippen molar-refractivity contribution in [3.8, 4) is 11.4 Å². The average Bonchev–Trinajstić information content (AvgIpc) is 2.72. The van der Waals surface area contributed by atoms with E-state index >= 15 is 0 Å². The first-order valence-corrected chi connectivity index (χ1v) is 10.2. The lowest BCUT2D eigenvalue weighted by molar-refractivity contribution is 0.0500. The molecule has 1 fully saturated rings. The van der Waals surface area contributed by atoms with Gasteiger partial charge in [-0.1, -0.05) is 0 Å². The highest BCUT2D eigenvalue weighted by Crippen LogP contribution is 2.30. The number of nitrogens with one attached hydrogen (secondary N) is 1. The summed E-state index contributed by atoms with van der Waals surface area (Å²) in [5.41, 5.74) is 2.43. The maximum atomic E-state index is 12.2. The Kier molecular flexibility index (Phi) is 5.53. The lowest BCUT2D eigenvalue weighted by Crippen LogP contribution is -2.49. The van der Waals surface area contributed by atoms with E-state index in [1.807, 2.05) is 45.2 Å². The van der Waals surface area contributed by atoms with Gasteiger partial charge in [0.05, 0.1) is 11.7 Å². The molecule has 2 aromatic heterocycles. The Morgan fingerprint density at radius 1 is 1.23 bits per heavy atom.